The quantitative estimate of drug-likeness (QED) is 0.242. The molecule has 4 aromatic rings. The second-order valence-electron chi connectivity index (χ2n) is 7.55. The summed E-state index contributed by atoms with van der Waals surface area (Å²) in [4.78, 5) is 28.0. The van der Waals surface area contributed by atoms with E-state index in [0.29, 0.717) is 44.0 Å². The SMILES string of the molecule is COc1ccc(-c2nc3cc(Cl)c(Cl)cc3n2CC(=O)NN=Cc2ccc(OCC(=O)O)cc2)cc1. The number of amides is 1. The van der Waals surface area contributed by atoms with Crippen molar-refractivity contribution in [1.82, 2.24) is 15.0 Å². The molecule has 0 aliphatic rings. The fraction of sp³-hybridized carbons (Fsp3) is 0.120. The normalized spacial score (nSPS) is 11.1. The van der Waals surface area contributed by atoms with Crippen LogP contribution in [0.3, 0.4) is 0 Å². The molecule has 1 amide bonds. The smallest absolute Gasteiger partial charge is 0.341 e. The van der Waals surface area contributed by atoms with Crippen LogP contribution in [0.2, 0.25) is 10.0 Å². The minimum absolute atomic E-state index is 0.0743. The lowest BCUT2D eigenvalue weighted by Crippen LogP contribution is -2.23. The van der Waals surface area contributed by atoms with Gasteiger partial charge in [0.2, 0.25) is 0 Å². The zero-order chi connectivity index (χ0) is 25.7. The molecule has 36 heavy (non-hydrogen) atoms. The van der Waals surface area contributed by atoms with E-state index in [1.807, 2.05) is 12.1 Å². The van der Waals surface area contributed by atoms with Gasteiger partial charge in [0, 0.05) is 5.56 Å². The lowest BCUT2D eigenvalue weighted by molar-refractivity contribution is -0.139. The zero-order valence-corrected chi connectivity index (χ0v) is 20.5. The number of imidazole rings is 1. The van der Waals surface area contributed by atoms with Crippen LogP contribution in [0.4, 0.5) is 0 Å². The highest BCUT2D eigenvalue weighted by atomic mass is 35.5. The maximum atomic E-state index is 12.8. The summed E-state index contributed by atoms with van der Waals surface area (Å²) in [5.41, 5.74) is 5.21. The number of benzene rings is 3. The van der Waals surface area contributed by atoms with Gasteiger partial charge in [-0.2, -0.15) is 5.10 Å². The predicted octanol–water partition coefficient (Wildman–Crippen LogP) is 4.63. The first-order valence-corrected chi connectivity index (χ1v) is 11.4. The summed E-state index contributed by atoms with van der Waals surface area (Å²) in [5, 5.41) is 13.4. The molecule has 0 saturated carbocycles. The Bertz CT molecular complexity index is 1430. The van der Waals surface area contributed by atoms with Crippen molar-refractivity contribution in [1.29, 1.82) is 0 Å². The first-order valence-electron chi connectivity index (χ1n) is 10.6. The number of methoxy groups -OCH3 is 1. The summed E-state index contributed by atoms with van der Waals surface area (Å²) in [5.74, 6) is 0.223. The number of nitrogens with zero attached hydrogens (tertiary/aromatic N) is 3. The molecule has 0 aliphatic heterocycles. The molecule has 9 nitrogen and oxygen atoms in total. The van der Waals surface area contributed by atoms with Crippen molar-refractivity contribution in [2.24, 2.45) is 5.10 Å². The molecular formula is C25H20Cl2N4O5. The summed E-state index contributed by atoms with van der Waals surface area (Å²) in [6.07, 6.45) is 1.46. The van der Waals surface area contributed by atoms with Crippen LogP contribution in [0.1, 0.15) is 5.56 Å². The molecule has 1 heterocycles. The number of nitrogens with one attached hydrogen (secondary N) is 1. The molecule has 184 valence electrons. The maximum absolute atomic E-state index is 12.8. The van der Waals surface area contributed by atoms with Gasteiger partial charge < -0.3 is 19.1 Å². The number of rotatable bonds is 9. The van der Waals surface area contributed by atoms with E-state index in [1.54, 1.807) is 60.2 Å². The number of aliphatic carboxylic acids is 1. The summed E-state index contributed by atoms with van der Waals surface area (Å²) in [7, 11) is 1.58. The minimum atomic E-state index is -1.06. The topological polar surface area (TPSA) is 115 Å². The average molecular weight is 527 g/mol. The number of fused-ring (bicyclic) bond motifs is 1. The van der Waals surface area contributed by atoms with Crippen molar-refractivity contribution >= 4 is 52.3 Å². The minimum Gasteiger partial charge on any atom is -0.497 e. The molecule has 0 atom stereocenters. The standard InChI is InChI=1S/C25H20Cl2N4O5/c1-35-17-8-4-16(5-9-17)25-29-21-10-19(26)20(27)11-22(21)31(25)13-23(32)30-28-12-15-2-6-18(7-3-15)36-14-24(33)34/h2-12H,13-14H2,1H3,(H,30,32)(H,33,34). The van der Waals surface area contributed by atoms with E-state index in [1.165, 1.54) is 6.21 Å². The Kier molecular flexibility index (Phi) is 7.72. The Labute approximate surface area is 215 Å². The number of carbonyl (C=O) groups excluding carboxylic acids is 1. The van der Waals surface area contributed by atoms with Crippen molar-refractivity contribution in [3.05, 3.63) is 76.3 Å². The van der Waals surface area contributed by atoms with Gasteiger partial charge in [0.25, 0.3) is 5.91 Å². The molecular weight excluding hydrogens is 507 g/mol. The van der Waals surface area contributed by atoms with Gasteiger partial charge in [-0.25, -0.2) is 15.2 Å². The van der Waals surface area contributed by atoms with Crippen LogP contribution in [0.25, 0.3) is 22.4 Å². The Morgan fingerprint density at radius 1 is 1.06 bits per heavy atom. The zero-order valence-electron chi connectivity index (χ0n) is 18.9. The summed E-state index contributed by atoms with van der Waals surface area (Å²) in [6.45, 7) is -0.502. The summed E-state index contributed by atoms with van der Waals surface area (Å²) >= 11 is 12.4. The van der Waals surface area contributed by atoms with E-state index in [2.05, 4.69) is 15.5 Å². The molecule has 2 N–H and O–H groups in total. The third-order valence-electron chi connectivity index (χ3n) is 5.09. The molecule has 11 heteroatoms. The lowest BCUT2D eigenvalue weighted by Gasteiger charge is -2.09. The number of ether oxygens (including phenoxy) is 2. The molecule has 0 bridgehead atoms. The molecule has 0 fully saturated rings. The van der Waals surface area contributed by atoms with Crippen molar-refractivity contribution < 1.29 is 24.2 Å². The highest BCUT2D eigenvalue weighted by Crippen LogP contribution is 2.32. The molecule has 3 aromatic carbocycles. The summed E-state index contributed by atoms with van der Waals surface area (Å²) in [6, 6.07) is 17.2. The van der Waals surface area contributed by atoms with E-state index >= 15 is 0 Å². The Morgan fingerprint density at radius 2 is 1.72 bits per heavy atom. The highest BCUT2D eigenvalue weighted by Gasteiger charge is 2.17. The third-order valence-corrected chi connectivity index (χ3v) is 5.81. The van der Waals surface area contributed by atoms with Gasteiger partial charge in [-0.05, 0) is 66.2 Å². The van der Waals surface area contributed by atoms with E-state index < -0.39 is 12.6 Å². The molecule has 0 saturated heterocycles. The van der Waals surface area contributed by atoms with Crippen molar-refractivity contribution in [2.45, 2.75) is 6.54 Å². The van der Waals surface area contributed by atoms with Crippen LogP contribution in [0.15, 0.2) is 65.8 Å². The molecule has 0 radical (unpaired) electrons. The second-order valence-corrected chi connectivity index (χ2v) is 8.36. The fourth-order valence-electron chi connectivity index (χ4n) is 3.39. The predicted molar refractivity (Wildman–Crippen MR) is 137 cm³/mol. The molecule has 0 spiro atoms. The van der Waals surface area contributed by atoms with Crippen LogP contribution in [-0.4, -0.2) is 46.5 Å². The van der Waals surface area contributed by atoms with Gasteiger partial charge in [0.05, 0.1) is 34.4 Å². The Balaban J connectivity index is 1.52. The molecule has 0 aliphatic carbocycles. The third kappa shape index (κ3) is 5.94. The second kappa shape index (κ2) is 11.1. The van der Waals surface area contributed by atoms with Gasteiger partial charge >= 0.3 is 5.97 Å². The highest BCUT2D eigenvalue weighted by molar-refractivity contribution is 6.42. The average Bonchev–Trinajstić information content (AvgIpc) is 3.20. The van der Waals surface area contributed by atoms with Gasteiger partial charge in [-0.15, -0.1) is 0 Å². The van der Waals surface area contributed by atoms with E-state index in [-0.39, 0.29) is 12.5 Å². The van der Waals surface area contributed by atoms with Crippen molar-refractivity contribution in [2.75, 3.05) is 13.7 Å². The first kappa shape index (κ1) is 25.0. The number of hydrogen-bond acceptors (Lipinski definition) is 6. The Morgan fingerprint density at radius 3 is 2.39 bits per heavy atom. The Hall–Kier alpha value is -4.08. The summed E-state index contributed by atoms with van der Waals surface area (Å²) < 4.78 is 12.0. The number of carboxylic acids is 1. The number of hydrazone groups is 1. The number of aromatic nitrogens is 2. The molecule has 4 rings (SSSR count). The van der Waals surface area contributed by atoms with Gasteiger partial charge in [0.1, 0.15) is 23.9 Å². The van der Waals surface area contributed by atoms with Gasteiger partial charge in [0.15, 0.2) is 6.61 Å². The van der Waals surface area contributed by atoms with E-state index in [0.717, 1.165) is 5.56 Å². The van der Waals surface area contributed by atoms with Crippen LogP contribution in [0, 0.1) is 0 Å². The largest absolute Gasteiger partial charge is 0.497 e. The molecule has 0 unspecified atom stereocenters. The number of carbonyl (C=O) groups is 2. The maximum Gasteiger partial charge on any atom is 0.341 e. The monoisotopic (exact) mass is 526 g/mol. The van der Waals surface area contributed by atoms with E-state index in [9.17, 15) is 9.59 Å². The van der Waals surface area contributed by atoms with Crippen LogP contribution in [-0.2, 0) is 16.1 Å². The number of carboxylic acid groups (broad SMARTS) is 1. The lowest BCUT2D eigenvalue weighted by atomic mass is 10.2. The fourth-order valence-corrected chi connectivity index (χ4v) is 3.71. The van der Waals surface area contributed by atoms with Crippen molar-refractivity contribution in [3.8, 4) is 22.9 Å². The van der Waals surface area contributed by atoms with E-state index in [4.69, 9.17) is 37.8 Å². The number of halogens is 2. The van der Waals surface area contributed by atoms with Crippen LogP contribution >= 0.6 is 23.2 Å². The van der Waals surface area contributed by atoms with Gasteiger partial charge in [-0.1, -0.05) is 23.2 Å². The molecule has 1 aromatic heterocycles. The van der Waals surface area contributed by atoms with Crippen LogP contribution in [0.5, 0.6) is 11.5 Å². The first-order chi connectivity index (χ1) is 17.3. The van der Waals surface area contributed by atoms with Crippen molar-refractivity contribution in [3.63, 3.8) is 0 Å². The number of hydrogen-bond donors (Lipinski definition) is 2. The van der Waals surface area contributed by atoms with Gasteiger partial charge in [-0.3, -0.25) is 4.79 Å². The van der Waals surface area contributed by atoms with Crippen LogP contribution < -0.4 is 14.9 Å².